The van der Waals surface area contributed by atoms with Gasteiger partial charge in [0.2, 0.25) is 5.78 Å². The van der Waals surface area contributed by atoms with Gasteiger partial charge in [-0.2, -0.15) is 0 Å². The summed E-state index contributed by atoms with van der Waals surface area (Å²) in [4.78, 5) is 12.5. The van der Waals surface area contributed by atoms with Gasteiger partial charge in [0.15, 0.2) is 5.76 Å². The Bertz CT molecular complexity index is 484. The van der Waals surface area contributed by atoms with Crippen molar-refractivity contribution < 1.29 is 9.21 Å². The van der Waals surface area contributed by atoms with E-state index >= 15 is 0 Å². The minimum absolute atomic E-state index is 0.105. The van der Waals surface area contributed by atoms with Crippen LogP contribution in [0.15, 0.2) is 28.7 Å². The zero-order valence-electron chi connectivity index (χ0n) is 8.12. The summed E-state index contributed by atoms with van der Waals surface area (Å²) >= 11 is 7.02. The van der Waals surface area contributed by atoms with Crippen molar-refractivity contribution in [1.82, 2.24) is 0 Å². The topological polar surface area (TPSA) is 30.2 Å². The van der Waals surface area contributed by atoms with Crippen molar-refractivity contribution in [2.75, 3.05) is 0 Å². The molecule has 2 nitrogen and oxygen atoms in total. The van der Waals surface area contributed by atoms with Crippen molar-refractivity contribution in [3.05, 3.63) is 45.0 Å². The van der Waals surface area contributed by atoms with Gasteiger partial charge in [0.05, 0.1) is 9.21 Å². The Morgan fingerprint density at radius 3 is 2.73 bits per heavy atom. The molecule has 0 spiro atoms. The van der Waals surface area contributed by atoms with Gasteiger partial charge < -0.3 is 4.42 Å². The average Bonchev–Trinajstić information content (AvgIpc) is 2.84. The fourth-order valence-corrected chi connectivity index (χ4v) is 2.24. The zero-order valence-corrected chi connectivity index (χ0v) is 9.69. The number of hydrogen-bond donors (Lipinski definition) is 0. The summed E-state index contributed by atoms with van der Waals surface area (Å²) < 4.78 is 5.98. The molecule has 15 heavy (non-hydrogen) atoms. The molecule has 0 aliphatic rings. The average molecular weight is 241 g/mol. The molecule has 2 rings (SSSR count). The summed E-state index contributed by atoms with van der Waals surface area (Å²) in [6.07, 6.45) is 0.790. The molecule has 2 aromatic rings. The van der Waals surface area contributed by atoms with Gasteiger partial charge in [0.1, 0.15) is 5.76 Å². The van der Waals surface area contributed by atoms with Gasteiger partial charge in [-0.1, -0.05) is 18.5 Å². The lowest BCUT2D eigenvalue weighted by Crippen LogP contribution is -1.95. The van der Waals surface area contributed by atoms with Gasteiger partial charge in [-0.15, -0.1) is 11.3 Å². The third kappa shape index (κ3) is 2.13. The molecule has 4 heteroatoms. The molecule has 78 valence electrons. The van der Waals surface area contributed by atoms with E-state index in [2.05, 4.69) is 0 Å². The lowest BCUT2D eigenvalue weighted by Gasteiger charge is -1.92. The summed E-state index contributed by atoms with van der Waals surface area (Å²) in [7, 11) is 0. The van der Waals surface area contributed by atoms with E-state index < -0.39 is 0 Å². The quantitative estimate of drug-likeness (QED) is 0.764. The number of rotatable bonds is 3. The van der Waals surface area contributed by atoms with Crippen LogP contribution >= 0.6 is 22.9 Å². The molecule has 0 unspecified atom stereocenters. The number of hydrogen-bond acceptors (Lipinski definition) is 3. The predicted octanol–water partition coefficient (Wildman–Crippen LogP) is 3.79. The molecule has 2 aromatic heterocycles. The van der Waals surface area contributed by atoms with Crippen LogP contribution in [0.1, 0.15) is 28.1 Å². The van der Waals surface area contributed by atoms with E-state index in [9.17, 15) is 4.79 Å². The Balaban J connectivity index is 2.28. The first-order chi connectivity index (χ1) is 7.20. The maximum absolute atomic E-state index is 11.8. The maximum atomic E-state index is 11.8. The van der Waals surface area contributed by atoms with Crippen molar-refractivity contribution >= 4 is 28.7 Å². The third-order valence-electron chi connectivity index (χ3n) is 2.03. The van der Waals surface area contributed by atoms with Crippen molar-refractivity contribution in [2.45, 2.75) is 13.3 Å². The molecule has 0 aliphatic heterocycles. The van der Waals surface area contributed by atoms with Crippen LogP contribution in [0.3, 0.4) is 0 Å². The number of thiophene rings is 1. The van der Waals surface area contributed by atoms with Crippen LogP contribution in [0.5, 0.6) is 0 Å². The largest absolute Gasteiger partial charge is 0.458 e. The molecule has 0 fully saturated rings. The number of aryl methyl sites for hydroxylation is 1. The summed E-state index contributed by atoms with van der Waals surface area (Å²) in [5.74, 6) is 1.10. The maximum Gasteiger partial charge on any atom is 0.238 e. The van der Waals surface area contributed by atoms with E-state index in [4.69, 9.17) is 16.0 Å². The molecule has 0 saturated carbocycles. The van der Waals surface area contributed by atoms with E-state index in [1.807, 2.05) is 13.0 Å². The second-order valence-electron chi connectivity index (χ2n) is 3.05. The van der Waals surface area contributed by atoms with Crippen LogP contribution in [0, 0.1) is 0 Å². The highest BCUT2D eigenvalue weighted by molar-refractivity contribution is 7.18. The van der Waals surface area contributed by atoms with Gasteiger partial charge in [-0.3, -0.25) is 4.79 Å². The number of halogens is 1. The number of ketones is 1. The molecule has 0 N–H and O–H groups in total. The van der Waals surface area contributed by atoms with E-state index in [0.717, 1.165) is 12.2 Å². The summed E-state index contributed by atoms with van der Waals surface area (Å²) in [5, 5.41) is 0. The van der Waals surface area contributed by atoms with Gasteiger partial charge in [-0.05, 0) is 24.3 Å². The normalized spacial score (nSPS) is 10.5. The minimum Gasteiger partial charge on any atom is -0.458 e. The number of carbonyl (C=O) groups is 1. The van der Waals surface area contributed by atoms with Gasteiger partial charge in [-0.25, -0.2) is 0 Å². The van der Waals surface area contributed by atoms with Crippen LogP contribution in [-0.4, -0.2) is 5.78 Å². The first kappa shape index (κ1) is 10.5. The van der Waals surface area contributed by atoms with E-state index in [0.29, 0.717) is 15.0 Å². The fraction of sp³-hybridized carbons (Fsp3) is 0.182. The van der Waals surface area contributed by atoms with Crippen LogP contribution in [0.4, 0.5) is 0 Å². The van der Waals surface area contributed by atoms with E-state index in [-0.39, 0.29) is 5.78 Å². The molecule has 2 heterocycles. The molecule has 0 atom stereocenters. The van der Waals surface area contributed by atoms with Crippen molar-refractivity contribution in [1.29, 1.82) is 0 Å². The van der Waals surface area contributed by atoms with E-state index in [1.54, 1.807) is 18.2 Å². The Kier molecular flexibility index (Phi) is 2.93. The van der Waals surface area contributed by atoms with Crippen LogP contribution < -0.4 is 0 Å². The standard InChI is InChI=1S/C11H9ClO2S/c1-2-7-3-4-8(14-7)11(13)9-5-6-10(12)15-9/h3-6H,2H2,1H3. The SMILES string of the molecule is CCc1ccc(C(=O)c2ccc(Cl)s2)o1. The highest BCUT2D eigenvalue weighted by Crippen LogP contribution is 2.24. The summed E-state index contributed by atoms with van der Waals surface area (Å²) in [6, 6.07) is 6.95. The second-order valence-corrected chi connectivity index (χ2v) is 4.77. The van der Waals surface area contributed by atoms with Crippen LogP contribution in [0.2, 0.25) is 4.34 Å². The summed E-state index contributed by atoms with van der Waals surface area (Å²) in [6.45, 7) is 1.98. The molecule has 0 bridgehead atoms. The third-order valence-corrected chi connectivity index (χ3v) is 3.26. The monoisotopic (exact) mass is 240 g/mol. The lowest BCUT2D eigenvalue weighted by atomic mass is 10.2. The number of furan rings is 1. The zero-order chi connectivity index (χ0) is 10.8. The van der Waals surface area contributed by atoms with Gasteiger partial charge in [0.25, 0.3) is 0 Å². The molecule has 0 amide bonds. The Morgan fingerprint density at radius 1 is 1.40 bits per heavy atom. The van der Waals surface area contributed by atoms with Crippen molar-refractivity contribution in [3.63, 3.8) is 0 Å². The minimum atomic E-state index is -0.105. The predicted molar refractivity (Wildman–Crippen MR) is 60.8 cm³/mol. The molecular weight excluding hydrogens is 232 g/mol. The van der Waals surface area contributed by atoms with Gasteiger partial charge in [0, 0.05) is 6.42 Å². The molecule has 0 radical (unpaired) electrons. The molecular formula is C11H9ClO2S. The van der Waals surface area contributed by atoms with Crippen molar-refractivity contribution in [2.24, 2.45) is 0 Å². The molecule has 0 aromatic carbocycles. The second kappa shape index (κ2) is 4.21. The van der Waals surface area contributed by atoms with Crippen molar-refractivity contribution in [3.8, 4) is 0 Å². The Labute approximate surface area is 96.5 Å². The Morgan fingerprint density at radius 2 is 2.20 bits per heavy atom. The first-order valence-corrected chi connectivity index (χ1v) is 5.79. The highest BCUT2D eigenvalue weighted by atomic mass is 35.5. The summed E-state index contributed by atoms with van der Waals surface area (Å²) in [5.41, 5.74) is 0. The fourth-order valence-electron chi connectivity index (χ4n) is 1.25. The highest BCUT2D eigenvalue weighted by Gasteiger charge is 2.15. The van der Waals surface area contributed by atoms with Crippen LogP contribution in [-0.2, 0) is 6.42 Å². The molecule has 0 aliphatic carbocycles. The lowest BCUT2D eigenvalue weighted by molar-refractivity contribution is 0.101. The smallest absolute Gasteiger partial charge is 0.238 e. The van der Waals surface area contributed by atoms with Crippen LogP contribution in [0.25, 0.3) is 0 Å². The molecule has 0 saturated heterocycles. The Hall–Kier alpha value is -1.06. The van der Waals surface area contributed by atoms with E-state index in [1.165, 1.54) is 11.3 Å². The number of carbonyl (C=O) groups excluding carboxylic acids is 1. The first-order valence-electron chi connectivity index (χ1n) is 4.59. The van der Waals surface area contributed by atoms with Gasteiger partial charge >= 0.3 is 0 Å².